The van der Waals surface area contributed by atoms with Crippen LogP contribution >= 0.6 is 0 Å². The van der Waals surface area contributed by atoms with Crippen LogP contribution in [0.3, 0.4) is 0 Å². The molecule has 0 spiro atoms. The van der Waals surface area contributed by atoms with Gasteiger partial charge in [-0.15, -0.1) is 0 Å². The third-order valence-electron chi connectivity index (χ3n) is 4.16. The fraction of sp³-hybridized carbons (Fsp3) is 0.0909. The lowest BCUT2D eigenvalue weighted by molar-refractivity contribution is -0.121. The number of benzene rings is 2. The molecule has 7 heteroatoms. The number of ether oxygens (including phenoxy) is 2. The monoisotopic (exact) mass is 385 g/mol. The first-order valence-electron chi connectivity index (χ1n) is 8.81. The predicted molar refractivity (Wildman–Crippen MR) is 104 cm³/mol. The van der Waals surface area contributed by atoms with E-state index in [2.05, 4.69) is 9.97 Å². The number of fused-ring (bicyclic) bond motifs is 1. The van der Waals surface area contributed by atoms with E-state index in [9.17, 15) is 10.1 Å². The number of carbonyl (C=O) groups is 1. The van der Waals surface area contributed by atoms with Gasteiger partial charge in [0.1, 0.15) is 23.9 Å². The summed E-state index contributed by atoms with van der Waals surface area (Å²) in [6.07, 6.45) is 3.12. The van der Waals surface area contributed by atoms with Crippen molar-refractivity contribution in [3.05, 3.63) is 78.9 Å². The van der Waals surface area contributed by atoms with Gasteiger partial charge in [-0.2, -0.15) is 10.2 Å². The third kappa shape index (κ3) is 4.22. The van der Waals surface area contributed by atoms with Gasteiger partial charge in [0.05, 0.1) is 17.8 Å². The van der Waals surface area contributed by atoms with Crippen LogP contribution in [0.1, 0.15) is 11.7 Å². The SMILES string of the molecule is N#CC(C(=O)COc1ccc(Oc2ncc3ccccc3n2)cc1)c1ccco1. The Morgan fingerprint density at radius 3 is 2.62 bits per heavy atom. The van der Waals surface area contributed by atoms with E-state index in [1.54, 1.807) is 42.6 Å². The fourth-order valence-corrected chi connectivity index (χ4v) is 2.70. The van der Waals surface area contributed by atoms with E-state index in [-0.39, 0.29) is 18.4 Å². The average Bonchev–Trinajstić information content (AvgIpc) is 3.28. The number of furan rings is 1. The van der Waals surface area contributed by atoms with Gasteiger partial charge in [0, 0.05) is 11.6 Å². The summed E-state index contributed by atoms with van der Waals surface area (Å²) < 4.78 is 16.3. The zero-order valence-electron chi connectivity index (χ0n) is 15.2. The molecule has 0 saturated heterocycles. The summed E-state index contributed by atoms with van der Waals surface area (Å²) in [6.45, 7) is -0.243. The van der Waals surface area contributed by atoms with E-state index in [4.69, 9.17) is 13.9 Å². The van der Waals surface area contributed by atoms with Gasteiger partial charge in [-0.25, -0.2) is 4.98 Å². The average molecular weight is 385 g/mol. The molecule has 0 N–H and O–H groups in total. The molecular weight excluding hydrogens is 370 g/mol. The van der Waals surface area contributed by atoms with Crippen molar-refractivity contribution in [1.29, 1.82) is 5.26 Å². The van der Waals surface area contributed by atoms with Crippen LogP contribution in [0.15, 0.2) is 77.5 Å². The minimum Gasteiger partial charge on any atom is -0.486 e. The lowest BCUT2D eigenvalue weighted by atomic mass is 10.0. The molecule has 29 heavy (non-hydrogen) atoms. The summed E-state index contributed by atoms with van der Waals surface area (Å²) in [5, 5.41) is 10.1. The molecule has 0 saturated carbocycles. The third-order valence-corrected chi connectivity index (χ3v) is 4.16. The van der Waals surface area contributed by atoms with E-state index >= 15 is 0 Å². The van der Waals surface area contributed by atoms with Crippen LogP contribution in [0.25, 0.3) is 10.9 Å². The lowest BCUT2D eigenvalue weighted by Crippen LogP contribution is -2.18. The molecule has 4 rings (SSSR count). The highest BCUT2D eigenvalue weighted by molar-refractivity contribution is 5.89. The molecule has 2 heterocycles. The summed E-state index contributed by atoms with van der Waals surface area (Å²) >= 11 is 0. The Kier molecular flexibility index (Phi) is 5.16. The fourth-order valence-electron chi connectivity index (χ4n) is 2.70. The van der Waals surface area contributed by atoms with Crippen molar-refractivity contribution in [3.63, 3.8) is 0 Å². The van der Waals surface area contributed by atoms with Crippen molar-refractivity contribution in [1.82, 2.24) is 9.97 Å². The first-order valence-corrected chi connectivity index (χ1v) is 8.81. The molecular formula is C22H15N3O4. The van der Waals surface area contributed by atoms with Crippen molar-refractivity contribution < 1.29 is 18.7 Å². The molecule has 1 atom stereocenters. The maximum Gasteiger partial charge on any atom is 0.322 e. The first kappa shape index (κ1) is 18.2. The van der Waals surface area contributed by atoms with Gasteiger partial charge in [-0.1, -0.05) is 18.2 Å². The summed E-state index contributed by atoms with van der Waals surface area (Å²) in [5.74, 6) is -0.0593. The van der Waals surface area contributed by atoms with Gasteiger partial charge in [-0.3, -0.25) is 4.79 Å². The molecule has 4 aromatic rings. The number of Topliss-reactive ketones (excluding diaryl/α,β-unsaturated/α-hetero) is 1. The van der Waals surface area contributed by atoms with Crippen LogP contribution in [0.5, 0.6) is 17.5 Å². The first-order chi connectivity index (χ1) is 14.2. The van der Waals surface area contributed by atoms with E-state index in [1.165, 1.54) is 6.26 Å². The molecule has 7 nitrogen and oxygen atoms in total. The number of hydrogen-bond donors (Lipinski definition) is 0. The largest absolute Gasteiger partial charge is 0.486 e. The predicted octanol–water partition coefficient (Wildman–Crippen LogP) is 4.27. The topological polar surface area (TPSA) is 98.2 Å². The molecule has 2 aromatic carbocycles. The Morgan fingerprint density at radius 2 is 1.86 bits per heavy atom. The maximum atomic E-state index is 12.2. The van der Waals surface area contributed by atoms with Crippen LogP contribution in [-0.2, 0) is 4.79 Å². The summed E-state index contributed by atoms with van der Waals surface area (Å²) in [5.41, 5.74) is 0.791. The van der Waals surface area contributed by atoms with Crippen molar-refractivity contribution in [2.75, 3.05) is 6.61 Å². The Balaban J connectivity index is 1.37. The van der Waals surface area contributed by atoms with Crippen molar-refractivity contribution >= 4 is 16.7 Å². The highest BCUT2D eigenvalue weighted by Crippen LogP contribution is 2.23. The molecule has 0 amide bonds. The van der Waals surface area contributed by atoms with Crippen molar-refractivity contribution in [2.24, 2.45) is 0 Å². The smallest absolute Gasteiger partial charge is 0.322 e. The summed E-state index contributed by atoms with van der Waals surface area (Å²) in [4.78, 5) is 20.8. The van der Waals surface area contributed by atoms with Crippen molar-refractivity contribution in [2.45, 2.75) is 5.92 Å². The second-order valence-corrected chi connectivity index (χ2v) is 6.12. The second-order valence-electron chi connectivity index (χ2n) is 6.12. The maximum absolute atomic E-state index is 12.2. The van der Waals surface area contributed by atoms with Gasteiger partial charge in [-0.05, 0) is 42.5 Å². The van der Waals surface area contributed by atoms with Gasteiger partial charge < -0.3 is 13.9 Å². The summed E-state index contributed by atoms with van der Waals surface area (Å²) in [6, 6.07) is 19.7. The molecule has 142 valence electrons. The zero-order valence-corrected chi connectivity index (χ0v) is 15.2. The van der Waals surface area contributed by atoms with Gasteiger partial charge in [0.2, 0.25) is 0 Å². The van der Waals surface area contributed by atoms with E-state index in [0.29, 0.717) is 17.3 Å². The number of para-hydroxylation sites is 1. The normalized spacial score (nSPS) is 11.6. The van der Waals surface area contributed by atoms with Crippen molar-refractivity contribution in [3.8, 4) is 23.6 Å². The highest BCUT2D eigenvalue weighted by Gasteiger charge is 2.23. The molecule has 2 aromatic heterocycles. The van der Waals surface area contributed by atoms with Gasteiger partial charge >= 0.3 is 6.01 Å². The molecule has 0 fully saturated rings. The number of nitrogens with zero attached hydrogens (tertiary/aromatic N) is 3. The van der Waals surface area contributed by atoms with Crippen LogP contribution in [0.4, 0.5) is 0 Å². The standard InChI is InChI=1S/C22H15N3O4/c23-12-18(21-6-3-11-27-21)20(26)14-28-16-7-9-17(10-8-16)29-22-24-13-15-4-1-2-5-19(15)25-22/h1-11,13,18H,14H2. The van der Waals surface area contributed by atoms with Crippen LogP contribution in [-0.4, -0.2) is 22.4 Å². The molecule has 1 unspecified atom stereocenters. The number of hydrogen-bond acceptors (Lipinski definition) is 7. The minimum absolute atomic E-state index is 0.239. The molecule has 0 radical (unpaired) electrons. The number of ketones is 1. The minimum atomic E-state index is -0.988. The van der Waals surface area contributed by atoms with E-state index in [1.807, 2.05) is 30.3 Å². The Hall–Kier alpha value is -4.18. The van der Waals surface area contributed by atoms with Crippen LogP contribution < -0.4 is 9.47 Å². The lowest BCUT2D eigenvalue weighted by Gasteiger charge is -2.09. The Bertz CT molecular complexity index is 1160. The molecule has 0 aliphatic carbocycles. The molecule has 0 bridgehead atoms. The molecule has 0 aliphatic heterocycles. The number of nitriles is 1. The van der Waals surface area contributed by atoms with E-state index in [0.717, 1.165) is 10.9 Å². The molecule has 0 aliphatic rings. The van der Waals surface area contributed by atoms with Gasteiger partial charge in [0.15, 0.2) is 11.7 Å². The number of carbonyl (C=O) groups excluding carboxylic acids is 1. The highest BCUT2D eigenvalue weighted by atomic mass is 16.5. The number of aromatic nitrogens is 2. The second kappa shape index (κ2) is 8.23. The van der Waals surface area contributed by atoms with E-state index < -0.39 is 5.92 Å². The zero-order chi connectivity index (χ0) is 20.1. The van der Waals surface area contributed by atoms with Crippen LogP contribution in [0, 0.1) is 11.3 Å². The van der Waals surface area contributed by atoms with Gasteiger partial charge in [0.25, 0.3) is 0 Å². The quantitative estimate of drug-likeness (QED) is 0.468. The Morgan fingerprint density at radius 1 is 1.07 bits per heavy atom. The van der Waals surface area contributed by atoms with Crippen LogP contribution in [0.2, 0.25) is 0 Å². The summed E-state index contributed by atoms with van der Waals surface area (Å²) in [7, 11) is 0. The Labute approximate surface area is 166 Å². The number of rotatable bonds is 7.